The zero-order valence-electron chi connectivity index (χ0n) is 19.5. The van der Waals surface area contributed by atoms with Gasteiger partial charge in [0.1, 0.15) is 6.34 Å². The number of anilines is 1. The number of piperazine rings is 1. The van der Waals surface area contributed by atoms with Crippen molar-refractivity contribution in [1.29, 1.82) is 5.41 Å². The van der Waals surface area contributed by atoms with Crippen molar-refractivity contribution in [3.8, 4) is 11.1 Å². The lowest BCUT2D eigenvalue weighted by Gasteiger charge is -2.36. The Kier molecular flexibility index (Phi) is 6.11. The minimum Gasteiger partial charge on any atom is -0.358 e. The van der Waals surface area contributed by atoms with Crippen molar-refractivity contribution in [2.24, 2.45) is 10.7 Å². The average molecular weight is 469 g/mol. The molecule has 5 N–H and O–H groups in total. The Bertz CT molecular complexity index is 1280. The maximum absolute atomic E-state index is 7.55. The smallest absolute Gasteiger partial charge is 0.225 e. The number of rotatable bonds is 6. The van der Waals surface area contributed by atoms with E-state index in [0.29, 0.717) is 5.95 Å². The van der Waals surface area contributed by atoms with Gasteiger partial charge < -0.3 is 20.5 Å². The molecule has 0 unspecified atom stereocenters. The lowest BCUT2D eigenvalue weighted by molar-refractivity contribution is 0.383. The van der Waals surface area contributed by atoms with E-state index in [0.717, 1.165) is 66.3 Å². The lowest BCUT2D eigenvalue weighted by atomic mass is 9.87. The van der Waals surface area contributed by atoms with E-state index in [1.165, 1.54) is 0 Å². The number of H-pyrrole nitrogens is 2. The molecule has 1 aliphatic rings. The predicted octanol–water partition coefficient (Wildman–Crippen LogP) is 2.59. The second-order valence-corrected chi connectivity index (χ2v) is 8.69. The van der Waals surface area contributed by atoms with Crippen molar-refractivity contribution in [2.45, 2.75) is 12.5 Å². The molecule has 35 heavy (non-hydrogen) atoms. The molecule has 10 heteroatoms. The zero-order chi connectivity index (χ0) is 24.3. The minimum atomic E-state index is -0.665. The fraction of sp³-hybridized carbons (Fsp3) is 0.240. The first kappa shape index (κ1) is 22.5. The molecule has 5 rings (SSSR count). The highest BCUT2D eigenvalue weighted by Gasteiger charge is 2.26. The van der Waals surface area contributed by atoms with Gasteiger partial charge in [-0.2, -0.15) is 5.10 Å². The first-order chi connectivity index (χ1) is 17.1. The van der Waals surface area contributed by atoms with E-state index >= 15 is 0 Å². The van der Waals surface area contributed by atoms with Crippen LogP contribution in [0.25, 0.3) is 11.1 Å². The standard InChI is InChI=1S/C25H28N10/c1-25(27,20-5-3-2-4-6-20)21-15-29-24(30-16-21)35-9-7-34(8-10-35)23(31-17-26)22-11-18(12-28-22)19-13-32-33-14-19/h2-6,11-17,26,28H,7-10,27H2,1H3,(H,32,33)/t25-/m0/s1. The van der Waals surface area contributed by atoms with Crippen molar-refractivity contribution in [3.63, 3.8) is 0 Å². The van der Waals surface area contributed by atoms with E-state index in [1.807, 2.05) is 68.1 Å². The highest BCUT2D eigenvalue weighted by atomic mass is 15.3. The molecule has 1 aliphatic heterocycles. The van der Waals surface area contributed by atoms with Crippen molar-refractivity contribution >= 4 is 18.1 Å². The molecule has 4 heterocycles. The molecule has 0 radical (unpaired) electrons. The zero-order valence-corrected chi connectivity index (χ0v) is 19.5. The topological polar surface area (TPSA) is 139 Å². The number of amidine groups is 1. The molecule has 0 saturated carbocycles. The molecule has 3 aromatic heterocycles. The molecule has 0 amide bonds. The molecule has 0 bridgehead atoms. The number of aromatic nitrogens is 5. The number of nitrogens with zero attached hydrogens (tertiary/aromatic N) is 6. The summed E-state index contributed by atoms with van der Waals surface area (Å²) in [6.07, 6.45) is 10.3. The number of hydrogen-bond acceptors (Lipinski definition) is 6. The molecule has 1 aromatic carbocycles. The molecule has 4 aromatic rings. The third kappa shape index (κ3) is 4.56. The van der Waals surface area contributed by atoms with Crippen LogP contribution in [0.4, 0.5) is 5.95 Å². The van der Waals surface area contributed by atoms with E-state index in [9.17, 15) is 0 Å². The average Bonchev–Trinajstić information content (AvgIpc) is 3.61. The van der Waals surface area contributed by atoms with Gasteiger partial charge in [0.15, 0.2) is 5.84 Å². The number of aliphatic imine (C=N–C) groups is 1. The summed E-state index contributed by atoms with van der Waals surface area (Å²) in [6.45, 7) is 4.92. The van der Waals surface area contributed by atoms with Crippen LogP contribution in [0.1, 0.15) is 23.7 Å². The van der Waals surface area contributed by atoms with Crippen molar-refractivity contribution in [1.82, 2.24) is 30.0 Å². The molecule has 10 nitrogen and oxygen atoms in total. The summed E-state index contributed by atoms with van der Waals surface area (Å²) >= 11 is 0. The first-order valence-corrected chi connectivity index (χ1v) is 11.5. The summed E-state index contributed by atoms with van der Waals surface area (Å²) in [4.78, 5) is 21.2. The van der Waals surface area contributed by atoms with Gasteiger partial charge in [0.25, 0.3) is 0 Å². The second-order valence-electron chi connectivity index (χ2n) is 8.69. The monoisotopic (exact) mass is 468 g/mol. The van der Waals surface area contributed by atoms with Gasteiger partial charge in [0.05, 0.1) is 17.4 Å². The van der Waals surface area contributed by atoms with Crippen LogP contribution in [-0.2, 0) is 5.54 Å². The largest absolute Gasteiger partial charge is 0.358 e. The summed E-state index contributed by atoms with van der Waals surface area (Å²) in [7, 11) is 0. The Hall–Kier alpha value is -4.31. The van der Waals surface area contributed by atoms with Crippen molar-refractivity contribution < 1.29 is 0 Å². The van der Waals surface area contributed by atoms with Gasteiger partial charge in [-0.25, -0.2) is 15.0 Å². The fourth-order valence-corrected chi connectivity index (χ4v) is 4.30. The van der Waals surface area contributed by atoms with Crippen LogP contribution >= 0.6 is 0 Å². The number of benzene rings is 1. The number of nitrogens with one attached hydrogen (secondary N) is 3. The Labute approximate surface area is 203 Å². The van der Waals surface area contributed by atoms with E-state index in [2.05, 4.69) is 39.9 Å². The van der Waals surface area contributed by atoms with Gasteiger partial charge in [0.2, 0.25) is 5.95 Å². The summed E-state index contributed by atoms with van der Waals surface area (Å²) in [5.41, 5.74) is 10.7. The maximum Gasteiger partial charge on any atom is 0.225 e. The Morgan fingerprint density at radius 3 is 2.43 bits per heavy atom. The molecular formula is C25H28N10. The molecule has 0 spiro atoms. The van der Waals surface area contributed by atoms with Crippen LogP contribution in [-0.4, -0.2) is 68.4 Å². The van der Waals surface area contributed by atoms with Crippen LogP contribution in [0.15, 0.2) is 72.4 Å². The highest BCUT2D eigenvalue weighted by Crippen LogP contribution is 2.26. The molecule has 0 aliphatic carbocycles. The predicted molar refractivity (Wildman–Crippen MR) is 137 cm³/mol. The number of nitrogens with two attached hydrogens (primary N) is 1. The highest BCUT2D eigenvalue weighted by molar-refractivity contribution is 6.01. The summed E-state index contributed by atoms with van der Waals surface area (Å²) in [5.74, 6) is 1.43. The van der Waals surface area contributed by atoms with Crippen molar-refractivity contribution in [3.05, 3.63) is 84.2 Å². The SMILES string of the molecule is C[C@](N)(c1ccccc1)c1cnc(N2CCN(C(=NC=N)c3cc(-c4cn[nH]c4)c[nH]3)CC2)nc1. The molecule has 1 saturated heterocycles. The first-order valence-electron chi connectivity index (χ1n) is 11.5. The van der Waals surface area contributed by atoms with Crippen LogP contribution < -0.4 is 10.6 Å². The van der Waals surface area contributed by atoms with Gasteiger partial charge in [-0.1, -0.05) is 30.3 Å². The summed E-state index contributed by atoms with van der Waals surface area (Å²) in [5, 5.41) is 14.4. The molecule has 1 fully saturated rings. The number of hydrogen-bond donors (Lipinski definition) is 4. The third-order valence-electron chi connectivity index (χ3n) is 6.42. The lowest BCUT2D eigenvalue weighted by Crippen LogP contribution is -2.49. The number of aromatic amines is 2. The van der Waals surface area contributed by atoms with E-state index in [-0.39, 0.29) is 0 Å². The van der Waals surface area contributed by atoms with E-state index < -0.39 is 5.54 Å². The van der Waals surface area contributed by atoms with Crippen LogP contribution in [0.2, 0.25) is 0 Å². The van der Waals surface area contributed by atoms with Crippen LogP contribution in [0, 0.1) is 5.41 Å². The fourth-order valence-electron chi connectivity index (χ4n) is 4.30. The van der Waals surface area contributed by atoms with E-state index in [1.54, 1.807) is 6.20 Å². The third-order valence-corrected chi connectivity index (χ3v) is 6.42. The quantitative estimate of drug-likeness (QED) is 0.253. The second kappa shape index (κ2) is 9.51. The van der Waals surface area contributed by atoms with Gasteiger partial charge in [-0.3, -0.25) is 10.5 Å². The Morgan fingerprint density at radius 2 is 1.77 bits per heavy atom. The van der Waals surface area contributed by atoms with Gasteiger partial charge in [0, 0.05) is 67.7 Å². The Morgan fingerprint density at radius 1 is 1.03 bits per heavy atom. The van der Waals surface area contributed by atoms with Crippen LogP contribution in [0.3, 0.4) is 0 Å². The summed E-state index contributed by atoms with van der Waals surface area (Å²) in [6, 6.07) is 12.0. The normalized spacial score (nSPS) is 16.2. The molecule has 1 atom stereocenters. The van der Waals surface area contributed by atoms with Crippen molar-refractivity contribution in [2.75, 3.05) is 31.1 Å². The van der Waals surface area contributed by atoms with Gasteiger partial charge in [-0.15, -0.1) is 0 Å². The van der Waals surface area contributed by atoms with Gasteiger partial charge >= 0.3 is 0 Å². The summed E-state index contributed by atoms with van der Waals surface area (Å²) < 4.78 is 0. The molecular weight excluding hydrogens is 440 g/mol. The van der Waals surface area contributed by atoms with E-state index in [4.69, 9.17) is 11.1 Å². The van der Waals surface area contributed by atoms with Gasteiger partial charge in [-0.05, 0) is 18.6 Å². The molecule has 178 valence electrons. The maximum atomic E-state index is 7.55. The van der Waals surface area contributed by atoms with Crippen LogP contribution in [0.5, 0.6) is 0 Å². The Balaban J connectivity index is 1.26. The minimum absolute atomic E-state index is 0.665.